The maximum absolute atomic E-state index is 13.3. The lowest BCUT2D eigenvalue weighted by Crippen LogP contribution is -2.32. The molecule has 2 heterocycles. The molecule has 0 fully saturated rings. The van der Waals surface area contributed by atoms with Crippen LogP contribution in [0.25, 0.3) is 27.6 Å². The van der Waals surface area contributed by atoms with Gasteiger partial charge in [0, 0.05) is 21.7 Å². The quantitative estimate of drug-likeness (QED) is 0.251. The second-order valence-corrected chi connectivity index (χ2v) is 8.58. The molecule has 2 aromatic carbocycles. The molecule has 2 aromatic heterocycles. The molecule has 4 aromatic rings. The molecular weight excluding hydrogens is 480 g/mol. The molecule has 0 spiro atoms. The number of rotatable bonds is 4. The van der Waals surface area contributed by atoms with E-state index in [1.807, 2.05) is 0 Å². The first-order valence-corrected chi connectivity index (χ1v) is 10.8. The van der Waals surface area contributed by atoms with Crippen molar-refractivity contribution in [2.24, 2.45) is 0 Å². The normalized spacial score (nSPS) is 11.2. The van der Waals surface area contributed by atoms with Gasteiger partial charge in [-0.15, -0.1) is 0 Å². The Morgan fingerprint density at radius 2 is 1.90 bits per heavy atom. The van der Waals surface area contributed by atoms with Gasteiger partial charge in [-0.25, -0.2) is 9.37 Å². The number of carbonyl (C=O) groups excluding carboxylic acids is 1. The van der Waals surface area contributed by atoms with E-state index < -0.39 is 5.91 Å². The van der Waals surface area contributed by atoms with Crippen LogP contribution in [0.15, 0.2) is 59.0 Å². The summed E-state index contributed by atoms with van der Waals surface area (Å²) in [5.41, 5.74) is 1.36. The number of amides is 1. The summed E-state index contributed by atoms with van der Waals surface area (Å²) < 4.78 is 19.7. The predicted octanol–water partition coefficient (Wildman–Crippen LogP) is 6.53. The van der Waals surface area contributed by atoms with E-state index in [0.29, 0.717) is 36.9 Å². The molecule has 0 saturated carbocycles. The zero-order valence-electron chi connectivity index (χ0n) is 15.5. The number of furan rings is 1. The summed E-state index contributed by atoms with van der Waals surface area (Å²) in [6.07, 6.45) is 2.79. The van der Waals surface area contributed by atoms with Crippen molar-refractivity contribution in [1.82, 2.24) is 10.3 Å². The number of benzene rings is 2. The summed E-state index contributed by atoms with van der Waals surface area (Å²) in [6, 6.07) is 12.8. The number of anilines is 1. The molecule has 2 N–H and O–H groups in total. The molecule has 10 heteroatoms. The Kier molecular flexibility index (Phi) is 6.33. The van der Waals surface area contributed by atoms with Gasteiger partial charge in [-0.3, -0.25) is 10.1 Å². The SMILES string of the molecule is O=C(/C=C/c1ccc(-c2cc(Cl)cc(Cl)c2)o1)NC(=S)Nc1nc2ccc(F)cc2s1. The van der Waals surface area contributed by atoms with Gasteiger partial charge < -0.3 is 9.73 Å². The van der Waals surface area contributed by atoms with Crippen molar-refractivity contribution in [2.75, 3.05) is 5.32 Å². The number of thiazole rings is 1. The summed E-state index contributed by atoms with van der Waals surface area (Å²) >= 11 is 18.4. The van der Waals surface area contributed by atoms with Crippen molar-refractivity contribution in [1.29, 1.82) is 0 Å². The third-order valence-corrected chi connectivity index (χ3v) is 5.55. The summed E-state index contributed by atoms with van der Waals surface area (Å²) in [7, 11) is 0. The minimum absolute atomic E-state index is 0.0721. The summed E-state index contributed by atoms with van der Waals surface area (Å²) in [4.78, 5) is 16.4. The highest BCUT2D eigenvalue weighted by molar-refractivity contribution is 7.80. The summed E-state index contributed by atoms with van der Waals surface area (Å²) in [5, 5.41) is 6.85. The third kappa shape index (κ3) is 5.48. The Labute approximate surface area is 195 Å². The molecule has 0 aliphatic heterocycles. The highest BCUT2D eigenvalue weighted by Crippen LogP contribution is 2.29. The lowest BCUT2D eigenvalue weighted by Gasteiger charge is -2.04. The Hall–Kier alpha value is -2.78. The summed E-state index contributed by atoms with van der Waals surface area (Å²) in [6.45, 7) is 0. The van der Waals surface area contributed by atoms with Gasteiger partial charge in [0.25, 0.3) is 0 Å². The first kappa shape index (κ1) is 21.5. The second-order valence-electron chi connectivity index (χ2n) is 6.27. The predicted molar refractivity (Wildman–Crippen MR) is 127 cm³/mol. The van der Waals surface area contributed by atoms with E-state index in [1.54, 1.807) is 36.4 Å². The molecule has 31 heavy (non-hydrogen) atoms. The van der Waals surface area contributed by atoms with Crippen LogP contribution in [0.5, 0.6) is 0 Å². The number of nitrogens with one attached hydrogen (secondary N) is 2. The number of nitrogens with zero attached hydrogens (tertiary/aromatic N) is 1. The van der Waals surface area contributed by atoms with E-state index in [1.165, 1.54) is 35.6 Å². The number of thiocarbonyl (C=S) groups is 1. The van der Waals surface area contributed by atoms with Gasteiger partial charge in [-0.1, -0.05) is 34.5 Å². The summed E-state index contributed by atoms with van der Waals surface area (Å²) in [5.74, 6) is 0.235. The van der Waals surface area contributed by atoms with E-state index in [2.05, 4.69) is 15.6 Å². The Morgan fingerprint density at radius 1 is 1.13 bits per heavy atom. The smallest absolute Gasteiger partial charge is 0.250 e. The van der Waals surface area contributed by atoms with Gasteiger partial charge in [0.05, 0.1) is 10.2 Å². The van der Waals surface area contributed by atoms with Gasteiger partial charge in [0.15, 0.2) is 10.2 Å². The van der Waals surface area contributed by atoms with Gasteiger partial charge in [0.2, 0.25) is 5.91 Å². The average Bonchev–Trinajstić information content (AvgIpc) is 3.31. The van der Waals surface area contributed by atoms with E-state index in [9.17, 15) is 9.18 Å². The molecule has 0 aliphatic rings. The largest absolute Gasteiger partial charge is 0.457 e. The molecule has 1 amide bonds. The molecule has 0 aliphatic carbocycles. The zero-order valence-corrected chi connectivity index (χ0v) is 18.6. The maximum atomic E-state index is 13.3. The van der Waals surface area contributed by atoms with E-state index in [0.717, 1.165) is 5.56 Å². The first-order chi connectivity index (χ1) is 14.9. The van der Waals surface area contributed by atoms with Crippen LogP contribution in [0.1, 0.15) is 5.76 Å². The fraction of sp³-hybridized carbons (Fsp3) is 0. The monoisotopic (exact) mass is 491 g/mol. The number of aromatic nitrogens is 1. The van der Waals surface area contributed by atoms with Crippen LogP contribution in [0.4, 0.5) is 9.52 Å². The van der Waals surface area contributed by atoms with Crippen molar-refractivity contribution in [3.8, 4) is 11.3 Å². The van der Waals surface area contributed by atoms with Gasteiger partial charge >= 0.3 is 0 Å². The first-order valence-electron chi connectivity index (χ1n) is 8.78. The van der Waals surface area contributed by atoms with Crippen molar-refractivity contribution >= 4 is 79.2 Å². The molecule has 156 valence electrons. The van der Waals surface area contributed by atoms with E-state index in [4.69, 9.17) is 39.8 Å². The molecule has 4 rings (SSSR count). The lowest BCUT2D eigenvalue weighted by atomic mass is 10.2. The molecule has 5 nitrogen and oxygen atoms in total. The van der Waals surface area contributed by atoms with Crippen LogP contribution in [0, 0.1) is 5.82 Å². The highest BCUT2D eigenvalue weighted by Gasteiger charge is 2.09. The lowest BCUT2D eigenvalue weighted by molar-refractivity contribution is -0.115. The Balaban J connectivity index is 1.36. The van der Waals surface area contributed by atoms with Crippen molar-refractivity contribution in [3.63, 3.8) is 0 Å². The van der Waals surface area contributed by atoms with Gasteiger partial charge in [-0.2, -0.15) is 0 Å². The number of fused-ring (bicyclic) bond motifs is 1. The maximum Gasteiger partial charge on any atom is 0.250 e. The standard InChI is InChI=1S/C21H12Cl2FN3O2S2/c22-12-7-11(8-13(23)9-12)17-5-2-15(29-17)3-6-19(28)26-20(30)27-21-25-16-4-1-14(24)10-18(16)31-21/h1-10H,(H2,25,26,27,28,30)/b6-3+. The molecule has 0 radical (unpaired) electrons. The molecule has 0 bridgehead atoms. The fourth-order valence-corrected chi connectivity index (χ4v) is 4.37. The zero-order chi connectivity index (χ0) is 22.0. The number of carbonyl (C=O) groups is 1. The second kappa shape index (κ2) is 9.15. The number of hydrogen-bond donors (Lipinski definition) is 2. The topological polar surface area (TPSA) is 67.2 Å². The van der Waals surface area contributed by atoms with Crippen LogP contribution in [-0.2, 0) is 4.79 Å². The number of hydrogen-bond acceptors (Lipinski definition) is 5. The minimum Gasteiger partial charge on any atom is -0.457 e. The van der Waals surface area contributed by atoms with E-state index >= 15 is 0 Å². The third-order valence-electron chi connectivity index (χ3n) is 3.98. The van der Waals surface area contributed by atoms with Crippen LogP contribution >= 0.6 is 46.8 Å². The van der Waals surface area contributed by atoms with Crippen LogP contribution in [-0.4, -0.2) is 16.0 Å². The van der Waals surface area contributed by atoms with Gasteiger partial charge in [-0.05, 0) is 66.8 Å². The van der Waals surface area contributed by atoms with E-state index in [-0.39, 0.29) is 10.9 Å². The van der Waals surface area contributed by atoms with Crippen molar-refractivity contribution < 1.29 is 13.6 Å². The van der Waals surface area contributed by atoms with Crippen molar-refractivity contribution in [3.05, 3.63) is 76.2 Å². The molecule has 0 saturated heterocycles. The fourth-order valence-electron chi connectivity index (χ4n) is 2.69. The van der Waals surface area contributed by atoms with Crippen LogP contribution in [0.2, 0.25) is 10.0 Å². The number of halogens is 3. The Bertz CT molecular complexity index is 1310. The average molecular weight is 492 g/mol. The van der Waals surface area contributed by atoms with Crippen molar-refractivity contribution in [2.45, 2.75) is 0 Å². The molecule has 0 unspecified atom stereocenters. The van der Waals surface area contributed by atoms with Crippen LogP contribution < -0.4 is 10.6 Å². The Morgan fingerprint density at radius 3 is 2.68 bits per heavy atom. The molecular formula is C21H12Cl2FN3O2S2. The highest BCUT2D eigenvalue weighted by atomic mass is 35.5. The minimum atomic E-state index is -0.451. The van der Waals surface area contributed by atoms with Crippen LogP contribution in [0.3, 0.4) is 0 Å². The van der Waals surface area contributed by atoms with Gasteiger partial charge in [0.1, 0.15) is 17.3 Å². The molecule has 0 atom stereocenters.